The minimum Gasteiger partial charge on any atom is -0.494 e. The summed E-state index contributed by atoms with van der Waals surface area (Å²) in [4.78, 5) is 1.17. The first kappa shape index (κ1) is 14.6. The maximum Gasteiger partial charge on any atom is 0.119 e. The smallest absolute Gasteiger partial charge is 0.119 e. The van der Waals surface area contributed by atoms with Crippen LogP contribution in [0.15, 0.2) is 34.1 Å². The minimum atomic E-state index is -0.0739. The van der Waals surface area contributed by atoms with Crippen LogP contribution in [0.1, 0.15) is 35.4 Å². The Labute approximate surface area is 126 Å². The maximum absolute atomic E-state index is 6.30. The highest BCUT2D eigenvalue weighted by Gasteiger charge is 2.13. The Morgan fingerprint density at radius 2 is 2.00 bits per heavy atom. The molecule has 1 aromatic heterocycles. The van der Waals surface area contributed by atoms with Crippen LogP contribution in [-0.4, -0.2) is 6.61 Å². The zero-order valence-corrected chi connectivity index (χ0v) is 13.6. The van der Waals surface area contributed by atoms with Crippen molar-refractivity contribution in [3.8, 4) is 5.75 Å². The summed E-state index contributed by atoms with van der Waals surface area (Å²) >= 11 is 5.24. The van der Waals surface area contributed by atoms with Gasteiger partial charge in [-0.3, -0.25) is 0 Å². The molecule has 1 aromatic carbocycles. The van der Waals surface area contributed by atoms with Crippen molar-refractivity contribution >= 4 is 27.3 Å². The van der Waals surface area contributed by atoms with Crippen molar-refractivity contribution in [3.63, 3.8) is 0 Å². The molecule has 2 nitrogen and oxygen atoms in total. The van der Waals surface area contributed by atoms with E-state index in [0.29, 0.717) is 0 Å². The lowest BCUT2D eigenvalue weighted by Crippen LogP contribution is -2.10. The molecule has 0 aliphatic carbocycles. The molecule has 102 valence electrons. The second-order valence-electron chi connectivity index (χ2n) is 4.50. The van der Waals surface area contributed by atoms with Crippen LogP contribution >= 0.6 is 27.3 Å². The Kier molecular flexibility index (Phi) is 5.02. The van der Waals surface area contributed by atoms with Gasteiger partial charge in [0, 0.05) is 4.88 Å². The van der Waals surface area contributed by atoms with E-state index >= 15 is 0 Å². The zero-order chi connectivity index (χ0) is 13.8. The SMILES string of the molecule is CCCOc1ccc(C(N)c2cc(C)c(Br)s2)cc1. The summed E-state index contributed by atoms with van der Waals surface area (Å²) in [5.41, 5.74) is 8.64. The molecule has 1 heterocycles. The van der Waals surface area contributed by atoms with Crippen molar-refractivity contribution in [1.29, 1.82) is 0 Å². The molecule has 19 heavy (non-hydrogen) atoms. The second-order valence-corrected chi connectivity index (χ2v) is 6.90. The Morgan fingerprint density at radius 3 is 2.53 bits per heavy atom. The number of nitrogens with two attached hydrogens (primary N) is 1. The standard InChI is InChI=1S/C15H18BrNOS/c1-3-8-18-12-6-4-11(5-7-12)14(17)13-9-10(2)15(16)19-13/h4-7,9,14H,3,8,17H2,1-2H3. The number of aryl methyl sites for hydroxylation is 1. The highest BCUT2D eigenvalue weighted by molar-refractivity contribution is 9.11. The number of thiophene rings is 1. The lowest BCUT2D eigenvalue weighted by atomic mass is 10.1. The molecule has 0 radical (unpaired) electrons. The molecule has 1 unspecified atom stereocenters. The average Bonchev–Trinajstić information content (AvgIpc) is 2.76. The summed E-state index contributed by atoms with van der Waals surface area (Å²) in [6.45, 7) is 4.93. The first-order valence-electron chi connectivity index (χ1n) is 6.36. The Bertz CT molecular complexity index is 516. The van der Waals surface area contributed by atoms with E-state index in [-0.39, 0.29) is 6.04 Å². The van der Waals surface area contributed by atoms with Gasteiger partial charge in [-0.25, -0.2) is 0 Å². The van der Waals surface area contributed by atoms with E-state index in [2.05, 4.69) is 35.8 Å². The van der Waals surface area contributed by atoms with E-state index < -0.39 is 0 Å². The summed E-state index contributed by atoms with van der Waals surface area (Å²) in [5, 5.41) is 0. The summed E-state index contributed by atoms with van der Waals surface area (Å²) in [5.74, 6) is 0.904. The number of benzene rings is 1. The molecule has 0 amide bonds. The number of rotatable bonds is 5. The third-order valence-electron chi connectivity index (χ3n) is 2.89. The lowest BCUT2D eigenvalue weighted by Gasteiger charge is -2.11. The monoisotopic (exact) mass is 339 g/mol. The maximum atomic E-state index is 6.30. The molecular weight excluding hydrogens is 322 g/mol. The summed E-state index contributed by atoms with van der Waals surface area (Å²) < 4.78 is 6.73. The largest absolute Gasteiger partial charge is 0.494 e. The van der Waals surface area contributed by atoms with Gasteiger partial charge in [-0.1, -0.05) is 19.1 Å². The van der Waals surface area contributed by atoms with Crippen LogP contribution < -0.4 is 10.5 Å². The average molecular weight is 340 g/mol. The van der Waals surface area contributed by atoms with Crippen LogP contribution in [0.2, 0.25) is 0 Å². The van der Waals surface area contributed by atoms with E-state index in [4.69, 9.17) is 10.5 Å². The van der Waals surface area contributed by atoms with Gasteiger partial charge in [0.15, 0.2) is 0 Å². The molecule has 0 fully saturated rings. The fraction of sp³-hybridized carbons (Fsp3) is 0.333. The second kappa shape index (κ2) is 6.55. The van der Waals surface area contributed by atoms with Gasteiger partial charge in [-0.15, -0.1) is 11.3 Å². The number of hydrogen-bond acceptors (Lipinski definition) is 3. The Morgan fingerprint density at radius 1 is 1.32 bits per heavy atom. The molecule has 4 heteroatoms. The predicted molar refractivity (Wildman–Crippen MR) is 85.0 cm³/mol. The summed E-state index contributed by atoms with van der Waals surface area (Å²) in [6, 6.07) is 10.1. The van der Waals surface area contributed by atoms with E-state index in [1.165, 1.54) is 10.4 Å². The summed E-state index contributed by atoms with van der Waals surface area (Å²) in [6.07, 6.45) is 1.02. The zero-order valence-electron chi connectivity index (χ0n) is 11.2. The van der Waals surface area contributed by atoms with Crippen LogP contribution in [0, 0.1) is 6.92 Å². The number of halogens is 1. The fourth-order valence-electron chi connectivity index (χ4n) is 1.79. The van der Waals surface area contributed by atoms with Crippen LogP contribution in [0.3, 0.4) is 0 Å². The van der Waals surface area contributed by atoms with Crippen molar-refractivity contribution in [1.82, 2.24) is 0 Å². The van der Waals surface area contributed by atoms with Gasteiger partial charge in [-0.2, -0.15) is 0 Å². The van der Waals surface area contributed by atoms with Crippen LogP contribution in [0.4, 0.5) is 0 Å². The quantitative estimate of drug-likeness (QED) is 0.859. The Balaban J connectivity index is 2.13. The van der Waals surface area contributed by atoms with Gasteiger partial charge < -0.3 is 10.5 Å². The molecule has 0 saturated carbocycles. The molecule has 1 atom stereocenters. The highest BCUT2D eigenvalue weighted by Crippen LogP contribution is 2.33. The molecule has 0 spiro atoms. The van der Waals surface area contributed by atoms with E-state index in [1.54, 1.807) is 11.3 Å². The van der Waals surface area contributed by atoms with E-state index in [1.807, 2.05) is 24.3 Å². The number of hydrogen-bond donors (Lipinski definition) is 1. The van der Waals surface area contributed by atoms with E-state index in [0.717, 1.165) is 28.1 Å². The first-order valence-corrected chi connectivity index (χ1v) is 7.97. The lowest BCUT2D eigenvalue weighted by molar-refractivity contribution is 0.317. The fourth-order valence-corrected chi connectivity index (χ4v) is 3.39. The molecule has 0 aliphatic heterocycles. The molecule has 2 rings (SSSR count). The molecule has 2 N–H and O–H groups in total. The topological polar surface area (TPSA) is 35.2 Å². The van der Waals surface area contributed by atoms with Crippen LogP contribution in [-0.2, 0) is 0 Å². The molecule has 0 bridgehead atoms. The van der Waals surface area contributed by atoms with Gasteiger partial charge in [0.2, 0.25) is 0 Å². The number of ether oxygens (including phenoxy) is 1. The van der Waals surface area contributed by atoms with Crippen LogP contribution in [0.5, 0.6) is 5.75 Å². The van der Waals surface area contributed by atoms with Crippen molar-refractivity contribution in [2.75, 3.05) is 6.61 Å². The van der Waals surface area contributed by atoms with Crippen molar-refractivity contribution < 1.29 is 4.74 Å². The van der Waals surface area contributed by atoms with Gasteiger partial charge in [0.05, 0.1) is 16.4 Å². The van der Waals surface area contributed by atoms with Gasteiger partial charge in [0.1, 0.15) is 5.75 Å². The first-order chi connectivity index (χ1) is 9.11. The normalized spacial score (nSPS) is 12.4. The van der Waals surface area contributed by atoms with Crippen LogP contribution in [0.25, 0.3) is 0 Å². The predicted octanol–water partition coefficient (Wildman–Crippen LogP) is 4.66. The third-order valence-corrected chi connectivity index (χ3v) is 5.11. The van der Waals surface area contributed by atoms with Crippen molar-refractivity contribution in [2.45, 2.75) is 26.3 Å². The van der Waals surface area contributed by atoms with Gasteiger partial charge in [-0.05, 0) is 58.6 Å². The van der Waals surface area contributed by atoms with Gasteiger partial charge >= 0.3 is 0 Å². The Hall–Kier alpha value is -0.840. The highest BCUT2D eigenvalue weighted by atomic mass is 79.9. The molecule has 2 aromatic rings. The van der Waals surface area contributed by atoms with E-state index in [9.17, 15) is 0 Å². The van der Waals surface area contributed by atoms with Gasteiger partial charge in [0.25, 0.3) is 0 Å². The van der Waals surface area contributed by atoms with Crippen molar-refractivity contribution in [3.05, 3.63) is 50.1 Å². The summed E-state index contributed by atoms with van der Waals surface area (Å²) in [7, 11) is 0. The minimum absolute atomic E-state index is 0.0739. The molecular formula is C15H18BrNOS. The molecule has 0 saturated heterocycles. The van der Waals surface area contributed by atoms with Crippen molar-refractivity contribution in [2.24, 2.45) is 5.73 Å². The third kappa shape index (κ3) is 3.59. The molecule has 0 aliphatic rings.